The van der Waals surface area contributed by atoms with Crippen molar-refractivity contribution in [2.75, 3.05) is 6.54 Å². The van der Waals surface area contributed by atoms with Crippen molar-refractivity contribution in [3.05, 3.63) is 47.6 Å². The van der Waals surface area contributed by atoms with Gasteiger partial charge < -0.3 is 10.2 Å². The van der Waals surface area contributed by atoms with Crippen molar-refractivity contribution >= 4 is 11.8 Å². The minimum atomic E-state index is -0.304. The van der Waals surface area contributed by atoms with Gasteiger partial charge in [0.05, 0.1) is 12.7 Å². The molecule has 3 nitrogen and oxygen atoms in total. The number of thioether (sulfide) groups is 1. The lowest BCUT2D eigenvalue weighted by Gasteiger charge is -2.00. The van der Waals surface area contributed by atoms with Crippen LogP contribution in [0.3, 0.4) is 0 Å². The van der Waals surface area contributed by atoms with Gasteiger partial charge in [-0.05, 0) is 23.8 Å². The van der Waals surface area contributed by atoms with Gasteiger partial charge in [0.2, 0.25) is 0 Å². The highest BCUT2D eigenvalue weighted by Gasteiger charge is 2.03. The molecule has 0 fully saturated rings. The maximum absolute atomic E-state index is 13.4. The quantitative estimate of drug-likeness (QED) is 0.681. The van der Waals surface area contributed by atoms with E-state index in [0.29, 0.717) is 16.5 Å². The highest BCUT2D eigenvalue weighted by atomic mass is 32.2. The number of benzene rings is 1. The van der Waals surface area contributed by atoms with Gasteiger partial charge in [-0.2, -0.15) is 0 Å². The summed E-state index contributed by atoms with van der Waals surface area (Å²) in [5.74, 6) is 5.79. The lowest BCUT2D eigenvalue weighted by molar-refractivity contribution is 0.454. The zero-order valence-electron chi connectivity index (χ0n) is 9.52. The SMILES string of the molecule is NCC#Cc1cc(F)cc(CSc2ncco2)c1. The Labute approximate surface area is 109 Å². The molecule has 92 valence electrons. The first-order chi connectivity index (χ1) is 8.78. The minimum Gasteiger partial charge on any atom is -0.440 e. The highest BCUT2D eigenvalue weighted by molar-refractivity contribution is 7.98. The Bertz CT molecular complexity index is 572. The summed E-state index contributed by atoms with van der Waals surface area (Å²) in [5, 5.41) is 0.564. The molecule has 0 aliphatic carbocycles. The summed E-state index contributed by atoms with van der Waals surface area (Å²) in [4.78, 5) is 3.98. The van der Waals surface area contributed by atoms with E-state index in [1.54, 1.807) is 6.20 Å². The van der Waals surface area contributed by atoms with Gasteiger partial charge in [0.15, 0.2) is 0 Å². The van der Waals surface area contributed by atoms with E-state index in [1.807, 2.05) is 6.07 Å². The minimum absolute atomic E-state index is 0.261. The van der Waals surface area contributed by atoms with Crippen LogP contribution in [0.25, 0.3) is 0 Å². The summed E-state index contributed by atoms with van der Waals surface area (Å²) in [6, 6.07) is 4.70. The van der Waals surface area contributed by atoms with Crippen LogP contribution in [-0.2, 0) is 5.75 Å². The van der Waals surface area contributed by atoms with Gasteiger partial charge in [-0.15, -0.1) is 0 Å². The summed E-state index contributed by atoms with van der Waals surface area (Å²) in [5.41, 5.74) is 6.74. The molecule has 1 aromatic heterocycles. The number of hydrogen-bond donors (Lipinski definition) is 1. The summed E-state index contributed by atoms with van der Waals surface area (Å²) in [6.07, 6.45) is 3.08. The normalized spacial score (nSPS) is 9.89. The average molecular weight is 262 g/mol. The van der Waals surface area contributed by atoms with Gasteiger partial charge >= 0.3 is 0 Å². The van der Waals surface area contributed by atoms with Gasteiger partial charge in [-0.25, -0.2) is 9.37 Å². The van der Waals surface area contributed by atoms with Crippen molar-refractivity contribution in [3.63, 3.8) is 0 Å². The number of nitrogens with two attached hydrogens (primary N) is 1. The predicted molar refractivity (Wildman–Crippen MR) is 68.4 cm³/mol. The van der Waals surface area contributed by atoms with E-state index >= 15 is 0 Å². The summed E-state index contributed by atoms with van der Waals surface area (Å²) >= 11 is 1.40. The molecular weight excluding hydrogens is 251 g/mol. The molecule has 0 saturated carbocycles. The fourth-order valence-corrected chi connectivity index (χ4v) is 2.10. The van der Waals surface area contributed by atoms with E-state index < -0.39 is 0 Å². The standard InChI is InChI=1S/C13H11FN2OS/c14-12-7-10(2-1-3-15)6-11(8-12)9-18-13-16-4-5-17-13/h4-8H,3,9,15H2. The maximum atomic E-state index is 13.4. The third-order valence-electron chi connectivity index (χ3n) is 2.06. The number of hydrogen-bond acceptors (Lipinski definition) is 4. The third kappa shape index (κ3) is 3.62. The molecule has 0 amide bonds. The summed E-state index contributed by atoms with van der Waals surface area (Å²) in [7, 11) is 0. The molecule has 0 aliphatic rings. The monoisotopic (exact) mass is 262 g/mol. The van der Waals surface area contributed by atoms with Gasteiger partial charge in [0.1, 0.15) is 12.1 Å². The zero-order valence-corrected chi connectivity index (χ0v) is 10.3. The molecule has 0 unspecified atom stereocenters. The van der Waals surface area contributed by atoms with Crippen molar-refractivity contribution in [2.24, 2.45) is 5.73 Å². The molecule has 0 atom stereocenters. The molecule has 5 heteroatoms. The number of halogens is 1. The van der Waals surface area contributed by atoms with Crippen LogP contribution in [0.4, 0.5) is 4.39 Å². The second kappa shape index (κ2) is 6.24. The van der Waals surface area contributed by atoms with Gasteiger partial charge in [-0.1, -0.05) is 23.6 Å². The second-order valence-electron chi connectivity index (χ2n) is 3.44. The first kappa shape index (κ1) is 12.7. The van der Waals surface area contributed by atoms with Crippen LogP contribution in [0.15, 0.2) is 40.3 Å². The Kier molecular flexibility index (Phi) is 4.40. The molecule has 0 spiro atoms. The van der Waals surface area contributed by atoms with E-state index in [0.717, 1.165) is 5.56 Å². The Hall–Kier alpha value is -1.77. The lowest BCUT2D eigenvalue weighted by atomic mass is 10.1. The number of rotatable bonds is 3. The highest BCUT2D eigenvalue weighted by Crippen LogP contribution is 2.21. The van der Waals surface area contributed by atoms with Gasteiger partial charge in [-0.3, -0.25) is 0 Å². The zero-order chi connectivity index (χ0) is 12.8. The fourth-order valence-electron chi connectivity index (χ4n) is 1.39. The first-order valence-electron chi connectivity index (χ1n) is 5.28. The Morgan fingerprint density at radius 1 is 1.39 bits per heavy atom. The van der Waals surface area contributed by atoms with Crippen molar-refractivity contribution in [3.8, 4) is 11.8 Å². The largest absolute Gasteiger partial charge is 0.440 e. The Balaban J connectivity index is 2.10. The molecule has 0 bridgehead atoms. The van der Waals surface area contributed by atoms with E-state index in [4.69, 9.17) is 10.2 Å². The summed E-state index contributed by atoms with van der Waals surface area (Å²) in [6.45, 7) is 0.261. The predicted octanol–water partition coefficient (Wildman–Crippen LogP) is 2.42. The Morgan fingerprint density at radius 2 is 2.28 bits per heavy atom. The Morgan fingerprint density at radius 3 is 3.00 bits per heavy atom. The molecule has 1 heterocycles. The van der Waals surface area contributed by atoms with Crippen molar-refractivity contribution < 1.29 is 8.81 Å². The molecule has 2 N–H and O–H groups in total. The van der Waals surface area contributed by atoms with Crippen LogP contribution in [0, 0.1) is 17.7 Å². The second-order valence-corrected chi connectivity index (χ2v) is 4.37. The van der Waals surface area contributed by atoms with E-state index in [2.05, 4.69) is 16.8 Å². The van der Waals surface area contributed by atoms with Crippen LogP contribution < -0.4 is 5.73 Å². The van der Waals surface area contributed by atoms with E-state index in [-0.39, 0.29) is 12.4 Å². The van der Waals surface area contributed by atoms with Crippen LogP contribution in [0.5, 0.6) is 0 Å². The van der Waals surface area contributed by atoms with E-state index in [1.165, 1.54) is 30.2 Å². The molecule has 0 aliphatic heterocycles. The molecule has 2 aromatic rings. The number of oxazole rings is 1. The fraction of sp³-hybridized carbons (Fsp3) is 0.154. The molecule has 0 radical (unpaired) electrons. The molecule has 0 saturated heterocycles. The van der Waals surface area contributed by atoms with Crippen molar-refractivity contribution in [2.45, 2.75) is 11.0 Å². The maximum Gasteiger partial charge on any atom is 0.255 e. The third-order valence-corrected chi connectivity index (χ3v) is 2.99. The van der Waals surface area contributed by atoms with Crippen LogP contribution >= 0.6 is 11.8 Å². The lowest BCUT2D eigenvalue weighted by Crippen LogP contribution is -1.93. The van der Waals surface area contributed by atoms with Crippen molar-refractivity contribution in [1.29, 1.82) is 0 Å². The number of nitrogens with zero attached hydrogens (tertiary/aromatic N) is 1. The summed E-state index contributed by atoms with van der Waals surface area (Å²) < 4.78 is 18.5. The van der Waals surface area contributed by atoms with E-state index in [9.17, 15) is 4.39 Å². The molecule has 18 heavy (non-hydrogen) atoms. The molecule has 1 aromatic carbocycles. The van der Waals surface area contributed by atoms with Crippen molar-refractivity contribution in [1.82, 2.24) is 4.98 Å². The van der Waals surface area contributed by atoms with Gasteiger partial charge in [0.25, 0.3) is 5.22 Å². The topological polar surface area (TPSA) is 52.0 Å². The smallest absolute Gasteiger partial charge is 0.255 e. The van der Waals surface area contributed by atoms with Crippen LogP contribution in [-0.4, -0.2) is 11.5 Å². The van der Waals surface area contributed by atoms with Crippen LogP contribution in [0.1, 0.15) is 11.1 Å². The average Bonchev–Trinajstić information content (AvgIpc) is 2.86. The molecule has 2 rings (SSSR count). The molecular formula is C13H11FN2OS. The van der Waals surface area contributed by atoms with Crippen LogP contribution in [0.2, 0.25) is 0 Å². The number of aromatic nitrogens is 1. The van der Waals surface area contributed by atoms with Gasteiger partial charge in [0, 0.05) is 11.3 Å². The first-order valence-corrected chi connectivity index (χ1v) is 6.27.